The fraction of sp³-hybridized carbons (Fsp3) is 1.00. The number of hydrogen-bond acceptors (Lipinski definition) is 4. The summed E-state index contributed by atoms with van der Waals surface area (Å²) in [4.78, 5) is 0. The summed E-state index contributed by atoms with van der Waals surface area (Å²) in [5, 5.41) is 0. The second-order valence-electron chi connectivity index (χ2n) is 3.14. The van der Waals surface area contributed by atoms with Crippen molar-refractivity contribution in [3.63, 3.8) is 0 Å². The van der Waals surface area contributed by atoms with Gasteiger partial charge in [0.25, 0.3) is 0 Å². The maximum atomic E-state index is 10.6. The van der Waals surface area contributed by atoms with Crippen LogP contribution in [0.3, 0.4) is 0 Å². The van der Waals surface area contributed by atoms with Gasteiger partial charge >= 0.3 is 10.4 Å². The van der Waals surface area contributed by atoms with Crippen molar-refractivity contribution in [3.8, 4) is 0 Å². The van der Waals surface area contributed by atoms with Crippen molar-refractivity contribution < 1.29 is 21.9 Å². The van der Waals surface area contributed by atoms with Crippen molar-refractivity contribution >= 4 is 10.4 Å². The molecule has 5 nitrogen and oxygen atoms in total. The highest BCUT2D eigenvalue weighted by molar-refractivity contribution is 7.80. The third kappa shape index (κ3) is 4.90. The molecule has 0 rings (SSSR count). The van der Waals surface area contributed by atoms with E-state index in [9.17, 15) is 8.42 Å². The molecular weight excluding hydrogens is 208 g/mol. The van der Waals surface area contributed by atoms with E-state index in [1.807, 2.05) is 13.8 Å². The molecule has 0 aliphatic rings. The van der Waals surface area contributed by atoms with E-state index in [1.54, 1.807) is 0 Å². The number of rotatable bonds is 7. The molecule has 14 heavy (non-hydrogen) atoms. The minimum absolute atomic E-state index is 0.400. The lowest BCUT2D eigenvalue weighted by Gasteiger charge is -2.29. The molecule has 0 aromatic carbocycles. The van der Waals surface area contributed by atoms with Gasteiger partial charge in [-0.3, -0.25) is 4.55 Å². The predicted octanol–water partition coefficient (Wildman–Crippen LogP) is 1.40. The highest BCUT2D eigenvalue weighted by Crippen LogP contribution is 2.26. The molecule has 0 atom stereocenters. The molecule has 0 bridgehead atoms. The Bertz CT molecular complexity index is 242. The minimum atomic E-state index is -4.39. The van der Waals surface area contributed by atoms with Crippen molar-refractivity contribution in [2.75, 3.05) is 13.7 Å². The smallest absolute Gasteiger partial charge is 0.385 e. The van der Waals surface area contributed by atoms with Gasteiger partial charge in [-0.2, -0.15) is 8.42 Å². The van der Waals surface area contributed by atoms with E-state index < -0.39 is 16.0 Å². The van der Waals surface area contributed by atoms with Crippen LogP contribution >= 0.6 is 0 Å². The van der Waals surface area contributed by atoms with Gasteiger partial charge in [0.2, 0.25) is 0 Å². The van der Waals surface area contributed by atoms with E-state index in [2.05, 4.69) is 4.18 Å². The molecule has 0 saturated heterocycles. The first-order valence-electron chi connectivity index (χ1n) is 4.56. The maximum Gasteiger partial charge on any atom is 0.397 e. The molecule has 0 amide bonds. The largest absolute Gasteiger partial charge is 0.397 e. The lowest BCUT2D eigenvalue weighted by molar-refractivity contribution is 0.0213. The van der Waals surface area contributed by atoms with Crippen LogP contribution in [0.1, 0.15) is 33.1 Å². The summed E-state index contributed by atoms with van der Waals surface area (Å²) >= 11 is 0. The van der Waals surface area contributed by atoms with Crippen LogP contribution in [0.15, 0.2) is 0 Å². The Kier molecular flexibility index (Phi) is 5.58. The topological polar surface area (TPSA) is 72.8 Å². The molecule has 0 fully saturated rings. The van der Waals surface area contributed by atoms with Gasteiger partial charge in [0, 0.05) is 20.1 Å². The summed E-state index contributed by atoms with van der Waals surface area (Å²) in [6.07, 6.45) is 1.45. The molecular formula is C8H18O5S. The van der Waals surface area contributed by atoms with Gasteiger partial charge in [0.1, 0.15) is 0 Å². The first-order chi connectivity index (χ1) is 6.39. The number of methoxy groups -OCH3 is 1. The molecule has 0 aromatic heterocycles. The van der Waals surface area contributed by atoms with Gasteiger partial charge in [0.05, 0.1) is 5.60 Å². The SMILES string of the molecule is CCC(CC)(CCOC)OS(=O)(=O)O. The number of ether oxygens (including phenoxy) is 1. The Balaban J connectivity index is 4.53. The van der Waals surface area contributed by atoms with Crippen LogP contribution in [0.5, 0.6) is 0 Å². The normalized spacial score (nSPS) is 13.1. The average Bonchev–Trinajstić information content (AvgIpc) is 2.10. The van der Waals surface area contributed by atoms with Crippen molar-refractivity contribution in [3.05, 3.63) is 0 Å². The van der Waals surface area contributed by atoms with Crippen LogP contribution in [-0.2, 0) is 19.3 Å². The quantitative estimate of drug-likeness (QED) is 0.664. The predicted molar refractivity (Wildman–Crippen MR) is 52.4 cm³/mol. The second kappa shape index (κ2) is 5.65. The third-order valence-corrected chi connectivity index (χ3v) is 2.90. The first-order valence-corrected chi connectivity index (χ1v) is 5.92. The molecule has 0 radical (unpaired) electrons. The van der Waals surface area contributed by atoms with Gasteiger partial charge in [-0.15, -0.1) is 0 Å². The Morgan fingerprint density at radius 3 is 2.07 bits per heavy atom. The summed E-state index contributed by atoms with van der Waals surface area (Å²) in [6.45, 7) is 4.02. The Morgan fingerprint density at radius 1 is 1.29 bits per heavy atom. The van der Waals surface area contributed by atoms with Crippen LogP contribution in [0.2, 0.25) is 0 Å². The fourth-order valence-corrected chi connectivity index (χ4v) is 2.04. The zero-order valence-electron chi connectivity index (χ0n) is 8.82. The lowest BCUT2D eigenvalue weighted by atomic mass is 9.94. The van der Waals surface area contributed by atoms with E-state index in [-0.39, 0.29) is 0 Å². The zero-order chi connectivity index (χ0) is 11.2. The fourth-order valence-electron chi connectivity index (χ4n) is 1.27. The summed E-state index contributed by atoms with van der Waals surface area (Å²) in [5.74, 6) is 0. The number of hydrogen-bond donors (Lipinski definition) is 1. The summed E-state index contributed by atoms with van der Waals surface area (Å²) < 4.78 is 39.4. The third-order valence-electron chi connectivity index (χ3n) is 2.33. The average molecular weight is 226 g/mol. The molecule has 1 N–H and O–H groups in total. The molecule has 0 saturated carbocycles. The molecule has 86 valence electrons. The van der Waals surface area contributed by atoms with Gasteiger partial charge in [-0.05, 0) is 12.8 Å². The molecule has 0 heterocycles. The minimum Gasteiger partial charge on any atom is -0.385 e. The second-order valence-corrected chi connectivity index (χ2v) is 4.17. The van der Waals surface area contributed by atoms with E-state index in [4.69, 9.17) is 9.29 Å². The van der Waals surface area contributed by atoms with E-state index in [1.165, 1.54) is 7.11 Å². The Hall–Kier alpha value is -0.170. The van der Waals surface area contributed by atoms with Crippen molar-refractivity contribution in [1.29, 1.82) is 0 Å². The molecule has 0 unspecified atom stereocenters. The Labute approximate surface area is 85.4 Å². The Morgan fingerprint density at radius 2 is 1.79 bits per heavy atom. The first kappa shape index (κ1) is 13.8. The zero-order valence-corrected chi connectivity index (χ0v) is 9.63. The summed E-state index contributed by atoms with van der Waals surface area (Å²) in [5.41, 5.74) is -0.844. The van der Waals surface area contributed by atoms with Crippen molar-refractivity contribution in [1.82, 2.24) is 0 Å². The van der Waals surface area contributed by atoms with Gasteiger partial charge < -0.3 is 4.74 Å². The van der Waals surface area contributed by atoms with Crippen LogP contribution in [0.25, 0.3) is 0 Å². The van der Waals surface area contributed by atoms with Crippen LogP contribution in [0.4, 0.5) is 0 Å². The molecule has 0 spiro atoms. The van der Waals surface area contributed by atoms with E-state index in [0.29, 0.717) is 25.9 Å². The van der Waals surface area contributed by atoms with E-state index in [0.717, 1.165) is 0 Å². The summed E-state index contributed by atoms with van der Waals surface area (Å²) in [6, 6.07) is 0. The molecule has 0 aromatic rings. The van der Waals surface area contributed by atoms with Gasteiger partial charge in [-0.1, -0.05) is 13.8 Å². The maximum absolute atomic E-state index is 10.6. The highest BCUT2D eigenvalue weighted by Gasteiger charge is 2.32. The van der Waals surface area contributed by atoms with Gasteiger partial charge in [0.15, 0.2) is 0 Å². The van der Waals surface area contributed by atoms with E-state index >= 15 is 0 Å². The standard InChI is InChI=1S/C8H18O5S/c1-4-8(5-2,6-7-12-3)13-14(9,10)11/h4-7H2,1-3H3,(H,9,10,11). The van der Waals surface area contributed by atoms with Crippen LogP contribution < -0.4 is 0 Å². The van der Waals surface area contributed by atoms with Crippen LogP contribution in [0, 0.1) is 0 Å². The lowest BCUT2D eigenvalue weighted by Crippen LogP contribution is -2.35. The summed E-state index contributed by atoms with van der Waals surface area (Å²) in [7, 11) is -2.86. The van der Waals surface area contributed by atoms with Crippen molar-refractivity contribution in [2.45, 2.75) is 38.7 Å². The van der Waals surface area contributed by atoms with Crippen molar-refractivity contribution in [2.24, 2.45) is 0 Å². The van der Waals surface area contributed by atoms with Gasteiger partial charge in [-0.25, -0.2) is 4.18 Å². The highest BCUT2D eigenvalue weighted by atomic mass is 32.3. The molecule has 6 heteroatoms. The van der Waals surface area contributed by atoms with Crippen LogP contribution in [-0.4, -0.2) is 32.3 Å². The monoisotopic (exact) mass is 226 g/mol. The molecule has 0 aliphatic carbocycles. The molecule has 0 aliphatic heterocycles.